The average Bonchev–Trinajstić information content (AvgIpc) is 2.56. The summed E-state index contributed by atoms with van der Waals surface area (Å²) in [5, 5.41) is 4.94. The van der Waals surface area contributed by atoms with Crippen molar-refractivity contribution in [1.29, 1.82) is 0 Å². The first kappa shape index (κ1) is 16.4. The highest BCUT2D eigenvalue weighted by Gasteiger charge is 2.11. The predicted molar refractivity (Wildman–Crippen MR) is 81.3 cm³/mol. The molecule has 0 aromatic heterocycles. The third kappa shape index (κ3) is 4.26. The van der Waals surface area contributed by atoms with Crippen molar-refractivity contribution < 1.29 is 23.1 Å². The number of esters is 1. The van der Waals surface area contributed by atoms with Crippen LogP contribution in [0.2, 0.25) is 0 Å². The molecule has 0 saturated carbocycles. The summed E-state index contributed by atoms with van der Waals surface area (Å²) in [6.07, 6.45) is 0. The Labute approximate surface area is 131 Å². The van der Waals surface area contributed by atoms with Gasteiger partial charge in [-0.15, -0.1) is 0 Å². The van der Waals surface area contributed by atoms with E-state index in [0.717, 1.165) is 12.1 Å². The van der Waals surface area contributed by atoms with Gasteiger partial charge in [0.05, 0.1) is 19.2 Å². The van der Waals surface area contributed by atoms with Crippen LogP contribution < -0.4 is 10.6 Å². The fourth-order valence-electron chi connectivity index (χ4n) is 1.83. The maximum Gasteiger partial charge on any atom is 0.337 e. The second kappa shape index (κ2) is 7.35. The summed E-state index contributed by atoms with van der Waals surface area (Å²) in [6, 6.07) is 9.55. The highest BCUT2D eigenvalue weighted by atomic mass is 19.1. The van der Waals surface area contributed by atoms with Crippen LogP contribution in [0.15, 0.2) is 42.5 Å². The molecular formula is C16H14F2N2O3. The predicted octanol–water partition coefficient (Wildman–Crippen LogP) is 2.80. The molecule has 7 heteroatoms. The minimum Gasteiger partial charge on any atom is -0.465 e. The monoisotopic (exact) mass is 320 g/mol. The molecule has 5 nitrogen and oxygen atoms in total. The van der Waals surface area contributed by atoms with Gasteiger partial charge in [-0.05, 0) is 36.4 Å². The van der Waals surface area contributed by atoms with Crippen molar-refractivity contribution in [2.75, 3.05) is 24.3 Å². The first-order chi connectivity index (χ1) is 11.0. The van der Waals surface area contributed by atoms with Crippen LogP contribution in [-0.2, 0) is 9.53 Å². The lowest BCUT2D eigenvalue weighted by Gasteiger charge is -2.09. The van der Waals surface area contributed by atoms with Crippen molar-refractivity contribution in [3.63, 3.8) is 0 Å². The highest BCUT2D eigenvalue weighted by Crippen LogP contribution is 2.18. The van der Waals surface area contributed by atoms with Crippen LogP contribution in [-0.4, -0.2) is 25.5 Å². The molecule has 2 aromatic carbocycles. The first-order valence-corrected chi connectivity index (χ1v) is 6.67. The van der Waals surface area contributed by atoms with Crippen molar-refractivity contribution in [2.24, 2.45) is 0 Å². The Morgan fingerprint density at radius 3 is 2.22 bits per heavy atom. The SMILES string of the molecule is COC(=O)c1ccc(NCC(=O)Nc2c(F)cccc2F)cc1. The van der Waals surface area contributed by atoms with Crippen LogP contribution in [0.4, 0.5) is 20.2 Å². The number of para-hydroxylation sites is 1. The molecular weight excluding hydrogens is 306 g/mol. The Morgan fingerprint density at radius 2 is 1.65 bits per heavy atom. The van der Waals surface area contributed by atoms with Crippen molar-refractivity contribution in [3.05, 3.63) is 59.7 Å². The molecule has 0 saturated heterocycles. The van der Waals surface area contributed by atoms with E-state index < -0.39 is 29.2 Å². The number of amides is 1. The molecule has 0 heterocycles. The van der Waals surface area contributed by atoms with Crippen LogP contribution in [0, 0.1) is 11.6 Å². The molecule has 0 aliphatic rings. The molecule has 2 aromatic rings. The fraction of sp³-hybridized carbons (Fsp3) is 0.125. The molecule has 1 amide bonds. The molecule has 0 aliphatic heterocycles. The minimum absolute atomic E-state index is 0.189. The van der Waals surface area contributed by atoms with Crippen molar-refractivity contribution in [1.82, 2.24) is 0 Å². The standard InChI is InChI=1S/C16H14F2N2O3/c1-23-16(22)10-5-7-11(8-6-10)19-9-14(21)20-15-12(17)3-2-4-13(15)18/h2-8,19H,9H2,1H3,(H,20,21). The van der Waals surface area contributed by atoms with E-state index in [4.69, 9.17) is 0 Å². The summed E-state index contributed by atoms with van der Waals surface area (Å²) in [5.41, 5.74) is 0.457. The molecule has 2 N–H and O–H groups in total. The second-order valence-corrected chi connectivity index (χ2v) is 4.57. The maximum absolute atomic E-state index is 13.4. The molecule has 2 rings (SSSR count). The van der Waals surface area contributed by atoms with E-state index >= 15 is 0 Å². The van der Waals surface area contributed by atoms with Gasteiger partial charge in [-0.2, -0.15) is 0 Å². The summed E-state index contributed by atoms with van der Waals surface area (Å²) in [4.78, 5) is 23.0. The Balaban J connectivity index is 1.93. The normalized spacial score (nSPS) is 10.0. The number of benzene rings is 2. The molecule has 0 unspecified atom stereocenters. The largest absolute Gasteiger partial charge is 0.465 e. The number of hydrogen-bond donors (Lipinski definition) is 2. The molecule has 120 valence electrons. The topological polar surface area (TPSA) is 67.4 Å². The van der Waals surface area contributed by atoms with E-state index in [1.807, 2.05) is 0 Å². The van der Waals surface area contributed by atoms with Gasteiger partial charge in [0, 0.05) is 5.69 Å². The lowest BCUT2D eigenvalue weighted by atomic mass is 10.2. The molecule has 0 spiro atoms. The van der Waals surface area contributed by atoms with Gasteiger partial charge in [-0.1, -0.05) is 6.07 Å². The third-order valence-electron chi connectivity index (χ3n) is 2.99. The Hall–Kier alpha value is -2.96. The number of carbonyl (C=O) groups excluding carboxylic acids is 2. The number of ether oxygens (including phenoxy) is 1. The molecule has 0 aliphatic carbocycles. The van der Waals surface area contributed by atoms with Gasteiger partial charge in [0.1, 0.15) is 17.3 Å². The Kier molecular flexibility index (Phi) is 5.24. The van der Waals surface area contributed by atoms with Gasteiger partial charge >= 0.3 is 5.97 Å². The average molecular weight is 320 g/mol. The van der Waals surface area contributed by atoms with Crippen LogP contribution >= 0.6 is 0 Å². The molecule has 0 atom stereocenters. The zero-order chi connectivity index (χ0) is 16.8. The zero-order valence-electron chi connectivity index (χ0n) is 12.2. The highest BCUT2D eigenvalue weighted by molar-refractivity contribution is 5.94. The van der Waals surface area contributed by atoms with Crippen LogP contribution in [0.5, 0.6) is 0 Å². The number of halogens is 2. The van der Waals surface area contributed by atoms with Gasteiger partial charge in [-0.25, -0.2) is 13.6 Å². The van der Waals surface area contributed by atoms with Gasteiger partial charge < -0.3 is 15.4 Å². The number of nitrogens with one attached hydrogen (secondary N) is 2. The van der Waals surface area contributed by atoms with E-state index in [9.17, 15) is 18.4 Å². The number of hydrogen-bond acceptors (Lipinski definition) is 4. The number of rotatable bonds is 5. The summed E-state index contributed by atoms with van der Waals surface area (Å²) >= 11 is 0. The lowest BCUT2D eigenvalue weighted by Crippen LogP contribution is -2.23. The van der Waals surface area contributed by atoms with Crippen LogP contribution in [0.3, 0.4) is 0 Å². The van der Waals surface area contributed by atoms with Gasteiger partial charge in [0.2, 0.25) is 5.91 Å². The van der Waals surface area contributed by atoms with E-state index in [2.05, 4.69) is 15.4 Å². The van der Waals surface area contributed by atoms with Gasteiger partial charge in [-0.3, -0.25) is 4.79 Å². The second-order valence-electron chi connectivity index (χ2n) is 4.57. The molecule has 0 fully saturated rings. The van der Waals surface area contributed by atoms with E-state index in [-0.39, 0.29) is 6.54 Å². The van der Waals surface area contributed by atoms with Crippen LogP contribution in [0.25, 0.3) is 0 Å². The third-order valence-corrected chi connectivity index (χ3v) is 2.99. The first-order valence-electron chi connectivity index (χ1n) is 6.67. The molecule has 23 heavy (non-hydrogen) atoms. The summed E-state index contributed by atoms with van der Waals surface area (Å²) in [6.45, 7) is -0.189. The van der Waals surface area contributed by atoms with Crippen molar-refractivity contribution in [2.45, 2.75) is 0 Å². The van der Waals surface area contributed by atoms with Gasteiger partial charge in [0.25, 0.3) is 0 Å². The zero-order valence-corrected chi connectivity index (χ0v) is 12.2. The number of carbonyl (C=O) groups is 2. The fourth-order valence-corrected chi connectivity index (χ4v) is 1.83. The lowest BCUT2D eigenvalue weighted by molar-refractivity contribution is -0.114. The quantitative estimate of drug-likeness (QED) is 0.831. The number of anilines is 2. The van der Waals surface area contributed by atoms with E-state index in [1.165, 1.54) is 25.3 Å². The van der Waals surface area contributed by atoms with E-state index in [0.29, 0.717) is 11.3 Å². The Bertz CT molecular complexity index is 698. The van der Waals surface area contributed by atoms with Gasteiger partial charge in [0.15, 0.2) is 0 Å². The van der Waals surface area contributed by atoms with Crippen molar-refractivity contribution in [3.8, 4) is 0 Å². The maximum atomic E-state index is 13.4. The minimum atomic E-state index is -0.846. The molecule has 0 bridgehead atoms. The smallest absolute Gasteiger partial charge is 0.337 e. The Morgan fingerprint density at radius 1 is 1.04 bits per heavy atom. The number of methoxy groups -OCH3 is 1. The summed E-state index contributed by atoms with van der Waals surface area (Å²) < 4.78 is 31.4. The molecule has 0 radical (unpaired) electrons. The summed E-state index contributed by atoms with van der Waals surface area (Å²) in [5.74, 6) is -2.77. The van der Waals surface area contributed by atoms with Crippen LogP contribution in [0.1, 0.15) is 10.4 Å². The summed E-state index contributed by atoms with van der Waals surface area (Å²) in [7, 11) is 1.28. The van der Waals surface area contributed by atoms with Crippen molar-refractivity contribution >= 4 is 23.3 Å². The van der Waals surface area contributed by atoms with E-state index in [1.54, 1.807) is 12.1 Å².